The third kappa shape index (κ3) is 25.4. The summed E-state index contributed by atoms with van der Waals surface area (Å²) in [5.74, 6) is -1.62. The van der Waals surface area contributed by atoms with E-state index in [0.717, 1.165) is 86.5 Å². The van der Waals surface area contributed by atoms with Gasteiger partial charge in [-0.3, -0.25) is 14.4 Å². The van der Waals surface area contributed by atoms with Crippen LogP contribution in [0.15, 0.2) is 133 Å². The molecule has 12 nitrogen and oxygen atoms in total. The van der Waals surface area contributed by atoms with Crippen LogP contribution in [-0.2, 0) is 74.0 Å². The van der Waals surface area contributed by atoms with Crippen molar-refractivity contribution in [3.63, 3.8) is 0 Å². The molecule has 0 unspecified atom stereocenters. The van der Waals surface area contributed by atoms with Gasteiger partial charge in [-0.1, -0.05) is 199 Å². The second-order valence-corrected chi connectivity index (χ2v) is 18.5. The number of benzene rings is 4. The Kier molecular flexibility index (Phi) is 30.2. The monoisotopic (exact) mass is 995 g/mol. The number of ether oxygens (including phenoxy) is 7. The second-order valence-electron chi connectivity index (χ2n) is 18.5. The van der Waals surface area contributed by atoms with E-state index in [-0.39, 0.29) is 51.5 Å². The van der Waals surface area contributed by atoms with Gasteiger partial charge in [0.1, 0.15) is 43.2 Å². The predicted molar refractivity (Wildman–Crippen MR) is 279 cm³/mol. The molecule has 72 heavy (non-hydrogen) atoms. The zero-order valence-corrected chi connectivity index (χ0v) is 43.1. The molecule has 0 aliphatic carbocycles. The molecule has 0 saturated heterocycles. The summed E-state index contributed by atoms with van der Waals surface area (Å²) in [5, 5.41) is 21.1. The zero-order chi connectivity index (χ0) is 51.4. The van der Waals surface area contributed by atoms with Gasteiger partial charge in [-0.2, -0.15) is 0 Å². The third-order valence-electron chi connectivity index (χ3n) is 12.3. The molecule has 0 heterocycles. The van der Waals surface area contributed by atoms with Crippen LogP contribution < -0.4 is 0 Å². The van der Waals surface area contributed by atoms with Crippen molar-refractivity contribution in [3.8, 4) is 0 Å². The summed E-state index contributed by atoms with van der Waals surface area (Å²) < 4.78 is 43.8. The summed E-state index contributed by atoms with van der Waals surface area (Å²) in [6.45, 7) is 4.55. The number of unbranched alkanes of at least 4 members (excludes halogenated alkanes) is 10. The van der Waals surface area contributed by atoms with Crippen LogP contribution in [0.4, 0.5) is 0 Å². The highest BCUT2D eigenvalue weighted by atomic mass is 16.6. The molecular weight excluding hydrogens is 913 g/mol. The van der Waals surface area contributed by atoms with Crippen LogP contribution in [-0.4, -0.2) is 84.1 Å². The highest BCUT2D eigenvalue weighted by Crippen LogP contribution is 2.24. The first kappa shape index (κ1) is 59.4. The van der Waals surface area contributed by atoms with Gasteiger partial charge in [-0.25, -0.2) is 0 Å². The molecule has 0 amide bonds. The van der Waals surface area contributed by atoms with Gasteiger partial charge in [-0.15, -0.1) is 0 Å². The predicted octanol–water partition coefficient (Wildman–Crippen LogP) is 11.5. The van der Waals surface area contributed by atoms with Crippen molar-refractivity contribution in [1.29, 1.82) is 0 Å². The minimum Gasteiger partial charge on any atom is -0.463 e. The summed E-state index contributed by atoms with van der Waals surface area (Å²) in [4.78, 5) is 39.3. The van der Waals surface area contributed by atoms with Gasteiger partial charge >= 0.3 is 17.9 Å². The SMILES string of the molecule is CCCCCC[C@@H](O)CCCCCCCCCCC(=O)OC[C@H](OCc1ccccc1)[C@@H](OCc1ccccc1)[C@@H](/C=C/[C@@H](OC(C)=O)[C@H](OCc1ccccc1)[C@H](CO)OCc1ccccc1)OC(C)=O. The molecule has 0 aliphatic heterocycles. The molecule has 12 heteroatoms. The Labute approximate surface area is 429 Å². The largest absolute Gasteiger partial charge is 0.463 e. The Balaban J connectivity index is 1.52. The van der Waals surface area contributed by atoms with Gasteiger partial charge in [0.25, 0.3) is 0 Å². The van der Waals surface area contributed by atoms with Crippen LogP contribution in [0.2, 0.25) is 0 Å². The molecule has 7 atom stereocenters. The van der Waals surface area contributed by atoms with Crippen molar-refractivity contribution in [2.24, 2.45) is 0 Å². The first-order valence-corrected chi connectivity index (χ1v) is 26.2. The smallest absolute Gasteiger partial charge is 0.305 e. The lowest BCUT2D eigenvalue weighted by molar-refractivity contribution is -0.176. The Morgan fingerprint density at radius 2 is 0.847 bits per heavy atom. The summed E-state index contributed by atoms with van der Waals surface area (Å²) in [5.41, 5.74) is 3.42. The molecule has 0 spiro atoms. The minimum absolute atomic E-state index is 0.0907. The molecule has 394 valence electrons. The number of carbonyl (C=O) groups is 3. The molecular formula is C60H82O12. The van der Waals surface area contributed by atoms with E-state index in [2.05, 4.69) is 6.92 Å². The van der Waals surface area contributed by atoms with Gasteiger partial charge in [0, 0.05) is 20.3 Å². The lowest BCUT2D eigenvalue weighted by Gasteiger charge is -2.33. The lowest BCUT2D eigenvalue weighted by Crippen LogP contribution is -2.46. The summed E-state index contributed by atoms with van der Waals surface area (Å²) in [6.07, 6.45) is 11.5. The fourth-order valence-electron chi connectivity index (χ4n) is 8.35. The first-order valence-electron chi connectivity index (χ1n) is 26.2. The van der Waals surface area contributed by atoms with Crippen LogP contribution in [0.25, 0.3) is 0 Å². The van der Waals surface area contributed by atoms with Crippen LogP contribution in [0, 0.1) is 0 Å². The molecule has 0 radical (unpaired) electrons. The summed E-state index contributed by atoms with van der Waals surface area (Å²) in [7, 11) is 0. The quantitative estimate of drug-likeness (QED) is 0.0189. The summed E-state index contributed by atoms with van der Waals surface area (Å²) in [6, 6.07) is 38.0. The average Bonchev–Trinajstić information content (AvgIpc) is 3.39. The van der Waals surface area contributed by atoms with Gasteiger partial charge in [0.05, 0.1) is 39.1 Å². The average molecular weight is 995 g/mol. The normalized spacial score (nSPS) is 14.5. The molecule has 4 aromatic carbocycles. The van der Waals surface area contributed by atoms with Gasteiger partial charge in [-0.05, 0) is 53.7 Å². The molecule has 0 aliphatic rings. The second kappa shape index (κ2) is 36.7. The molecule has 2 N–H and O–H groups in total. The van der Waals surface area contributed by atoms with E-state index in [9.17, 15) is 24.6 Å². The Bertz CT molecular complexity index is 2030. The van der Waals surface area contributed by atoms with E-state index in [1.165, 1.54) is 33.1 Å². The number of hydrogen-bond donors (Lipinski definition) is 2. The molecule has 4 rings (SSSR count). The van der Waals surface area contributed by atoms with Crippen LogP contribution >= 0.6 is 0 Å². The van der Waals surface area contributed by atoms with E-state index < -0.39 is 55.2 Å². The molecule has 0 bridgehead atoms. The van der Waals surface area contributed by atoms with Crippen molar-refractivity contribution in [2.45, 2.75) is 186 Å². The van der Waals surface area contributed by atoms with Gasteiger partial charge in [0.2, 0.25) is 0 Å². The van der Waals surface area contributed by atoms with Crippen LogP contribution in [0.3, 0.4) is 0 Å². The zero-order valence-electron chi connectivity index (χ0n) is 43.1. The standard InChI is InChI=1S/C60H82O12/c1-4-5-6-25-36-53(64)37-26-11-9-7-8-10-12-27-38-58(65)68-46-57(67-43-50-30-19-14-20-31-50)60(70-45-52-34-23-16-24-35-52)55(72-48(3)63)40-39-54(71-47(2)62)59(69-44-51-32-21-15-22-33-51)56(41-61)66-42-49-28-17-13-18-29-49/h13-24,28-35,39-40,53-57,59-61,64H,4-12,25-27,36-38,41-46H2,1-3H3/b40-39+/t53-,54-,55-,56+,57+,59+,60+/m1/s1. The van der Waals surface area contributed by atoms with Crippen molar-refractivity contribution < 1.29 is 57.8 Å². The maximum atomic E-state index is 13.4. The van der Waals surface area contributed by atoms with Crippen molar-refractivity contribution >= 4 is 17.9 Å². The highest BCUT2D eigenvalue weighted by molar-refractivity contribution is 5.69. The maximum Gasteiger partial charge on any atom is 0.305 e. The molecule has 0 fully saturated rings. The Morgan fingerprint density at radius 3 is 1.25 bits per heavy atom. The van der Waals surface area contributed by atoms with E-state index in [0.29, 0.717) is 6.42 Å². The molecule has 4 aromatic rings. The fourth-order valence-corrected chi connectivity index (χ4v) is 8.35. The number of aliphatic hydroxyl groups is 2. The number of rotatable bonds is 39. The number of esters is 3. The van der Waals surface area contributed by atoms with E-state index in [4.69, 9.17) is 33.2 Å². The first-order chi connectivity index (χ1) is 35.1. The Morgan fingerprint density at radius 1 is 0.486 bits per heavy atom. The molecule has 0 saturated carbocycles. The van der Waals surface area contributed by atoms with Crippen molar-refractivity contribution in [3.05, 3.63) is 156 Å². The van der Waals surface area contributed by atoms with Crippen LogP contribution in [0.5, 0.6) is 0 Å². The van der Waals surface area contributed by atoms with Crippen molar-refractivity contribution in [1.82, 2.24) is 0 Å². The minimum atomic E-state index is -1.17. The fraction of sp³-hybridized carbons (Fsp3) is 0.517. The van der Waals surface area contributed by atoms with Gasteiger partial charge in [0.15, 0.2) is 0 Å². The third-order valence-corrected chi connectivity index (χ3v) is 12.3. The van der Waals surface area contributed by atoms with E-state index in [1.807, 2.05) is 121 Å². The summed E-state index contributed by atoms with van der Waals surface area (Å²) >= 11 is 0. The van der Waals surface area contributed by atoms with E-state index in [1.54, 1.807) is 12.2 Å². The van der Waals surface area contributed by atoms with Gasteiger partial charge < -0.3 is 43.4 Å². The number of carbonyl (C=O) groups excluding carboxylic acids is 3. The Hall–Kier alpha value is -5.21. The van der Waals surface area contributed by atoms with E-state index >= 15 is 0 Å². The topological polar surface area (TPSA) is 156 Å². The van der Waals surface area contributed by atoms with Crippen LogP contribution in [0.1, 0.15) is 139 Å². The number of hydrogen-bond acceptors (Lipinski definition) is 12. The van der Waals surface area contributed by atoms with Crippen molar-refractivity contribution in [2.75, 3.05) is 13.2 Å². The highest BCUT2D eigenvalue weighted by Gasteiger charge is 2.36. The maximum absolute atomic E-state index is 13.4. The number of aliphatic hydroxyl groups excluding tert-OH is 2. The lowest BCUT2D eigenvalue weighted by atomic mass is 10.0. The molecule has 0 aromatic heterocycles.